The van der Waals surface area contributed by atoms with Gasteiger partial charge in [0.2, 0.25) is 11.8 Å². The van der Waals surface area contributed by atoms with E-state index in [4.69, 9.17) is 0 Å². The lowest BCUT2D eigenvalue weighted by molar-refractivity contribution is -0.276. The fourth-order valence-electron chi connectivity index (χ4n) is 0.820. The van der Waals surface area contributed by atoms with Gasteiger partial charge in [0.15, 0.2) is 0 Å². The van der Waals surface area contributed by atoms with Gasteiger partial charge < -0.3 is 9.47 Å². The lowest BCUT2D eigenvalue weighted by Gasteiger charge is -2.10. The van der Waals surface area contributed by atoms with E-state index in [2.05, 4.69) is 14.5 Å². The van der Waals surface area contributed by atoms with E-state index in [-0.39, 0.29) is 5.88 Å². The Morgan fingerprint density at radius 1 is 1.29 bits per heavy atom. The zero-order chi connectivity index (χ0) is 10.8. The molecular formula is C8H8F3NO2. The predicted octanol–water partition coefficient (Wildman–Crippen LogP) is 2.30. The Balaban J connectivity index is 2.95. The normalized spacial score (nSPS) is 11.2. The summed E-state index contributed by atoms with van der Waals surface area (Å²) >= 11 is 0. The molecule has 0 saturated heterocycles. The lowest BCUT2D eigenvalue weighted by atomic mass is 10.3. The van der Waals surface area contributed by atoms with Crippen LogP contribution in [-0.2, 0) is 0 Å². The van der Waals surface area contributed by atoms with Crippen molar-refractivity contribution < 1.29 is 22.6 Å². The number of halogens is 3. The molecule has 0 atom stereocenters. The van der Waals surface area contributed by atoms with Gasteiger partial charge >= 0.3 is 6.36 Å². The first-order valence-corrected chi connectivity index (χ1v) is 3.70. The maximum Gasteiger partial charge on any atom is 0.574 e. The number of rotatable bonds is 2. The fraction of sp³-hybridized carbons (Fsp3) is 0.375. The van der Waals surface area contributed by atoms with E-state index in [1.807, 2.05) is 0 Å². The fourth-order valence-corrected chi connectivity index (χ4v) is 0.820. The topological polar surface area (TPSA) is 31.4 Å². The van der Waals surface area contributed by atoms with Crippen molar-refractivity contribution in [3.8, 4) is 11.8 Å². The van der Waals surface area contributed by atoms with Gasteiger partial charge in [-0.3, -0.25) is 0 Å². The van der Waals surface area contributed by atoms with Crippen LogP contribution in [0.3, 0.4) is 0 Å². The summed E-state index contributed by atoms with van der Waals surface area (Å²) in [5, 5.41) is 0. The molecule has 14 heavy (non-hydrogen) atoms. The van der Waals surface area contributed by atoms with Crippen molar-refractivity contribution >= 4 is 0 Å². The Morgan fingerprint density at radius 3 is 2.43 bits per heavy atom. The summed E-state index contributed by atoms with van der Waals surface area (Å²) in [5.74, 6) is -0.410. The molecule has 0 spiro atoms. The maximum atomic E-state index is 11.9. The molecule has 0 aliphatic carbocycles. The van der Waals surface area contributed by atoms with Crippen molar-refractivity contribution in [2.75, 3.05) is 7.11 Å². The minimum absolute atomic E-state index is 0.0786. The monoisotopic (exact) mass is 207 g/mol. The van der Waals surface area contributed by atoms with Crippen LogP contribution in [0.1, 0.15) is 5.56 Å². The number of nitrogens with zero attached hydrogens (tertiary/aromatic N) is 1. The second-order valence-corrected chi connectivity index (χ2v) is 2.52. The van der Waals surface area contributed by atoms with Crippen molar-refractivity contribution in [2.24, 2.45) is 0 Å². The molecule has 3 nitrogen and oxygen atoms in total. The van der Waals surface area contributed by atoms with Gasteiger partial charge in [0.25, 0.3) is 0 Å². The van der Waals surface area contributed by atoms with Crippen LogP contribution in [0.15, 0.2) is 12.1 Å². The third-order valence-electron chi connectivity index (χ3n) is 1.45. The molecule has 0 radical (unpaired) electrons. The second kappa shape index (κ2) is 3.73. The second-order valence-electron chi connectivity index (χ2n) is 2.52. The van der Waals surface area contributed by atoms with E-state index in [1.165, 1.54) is 26.2 Å². The number of methoxy groups -OCH3 is 1. The number of pyridine rings is 1. The van der Waals surface area contributed by atoms with Gasteiger partial charge in [0.05, 0.1) is 7.11 Å². The summed E-state index contributed by atoms with van der Waals surface area (Å²) in [6.07, 6.45) is -4.73. The van der Waals surface area contributed by atoms with Gasteiger partial charge in [0, 0.05) is 11.6 Å². The standard InChI is InChI=1S/C8H8F3NO2/c1-5-3-4-6(13-2)12-7(5)14-8(9,10)11/h3-4H,1-2H3. The summed E-state index contributed by atoms with van der Waals surface area (Å²) < 4.78 is 43.9. The van der Waals surface area contributed by atoms with E-state index in [1.54, 1.807) is 0 Å². The Hall–Kier alpha value is -1.46. The van der Waals surface area contributed by atoms with Gasteiger partial charge in [-0.05, 0) is 13.0 Å². The van der Waals surface area contributed by atoms with Gasteiger partial charge in [-0.2, -0.15) is 4.98 Å². The molecule has 1 aromatic rings. The molecule has 0 N–H and O–H groups in total. The molecule has 6 heteroatoms. The molecule has 1 rings (SSSR count). The van der Waals surface area contributed by atoms with Crippen molar-refractivity contribution in [3.63, 3.8) is 0 Å². The quantitative estimate of drug-likeness (QED) is 0.745. The number of hydrogen-bond acceptors (Lipinski definition) is 3. The molecule has 0 amide bonds. The lowest BCUT2D eigenvalue weighted by Crippen LogP contribution is -2.18. The summed E-state index contributed by atoms with van der Waals surface area (Å²) in [7, 11) is 1.31. The summed E-state index contributed by atoms with van der Waals surface area (Å²) in [6, 6.07) is 2.89. The average molecular weight is 207 g/mol. The van der Waals surface area contributed by atoms with Crippen LogP contribution >= 0.6 is 0 Å². The Kier molecular flexibility index (Phi) is 2.83. The Bertz CT molecular complexity index is 325. The van der Waals surface area contributed by atoms with E-state index in [9.17, 15) is 13.2 Å². The van der Waals surface area contributed by atoms with Crippen LogP contribution in [0.5, 0.6) is 11.8 Å². The highest BCUT2D eigenvalue weighted by atomic mass is 19.4. The van der Waals surface area contributed by atoms with Crippen molar-refractivity contribution in [1.82, 2.24) is 4.98 Å². The van der Waals surface area contributed by atoms with Gasteiger partial charge in [0.1, 0.15) is 0 Å². The van der Waals surface area contributed by atoms with Crippen LogP contribution < -0.4 is 9.47 Å². The highest BCUT2D eigenvalue weighted by molar-refractivity contribution is 5.29. The largest absolute Gasteiger partial charge is 0.574 e. The molecule has 0 saturated carbocycles. The molecule has 1 heterocycles. The zero-order valence-corrected chi connectivity index (χ0v) is 7.55. The maximum absolute atomic E-state index is 11.9. The van der Waals surface area contributed by atoms with Crippen molar-refractivity contribution in [1.29, 1.82) is 0 Å². The summed E-state index contributed by atoms with van der Waals surface area (Å²) in [5.41, 5.74) is 0.295. The third-order valence-corrected chi connectivity index (χ3v) is 1.45. The SMILES string of the molecule is COc1ccc(C)c(OC(F)(F)F)n1. The molecule has 0 bridgehead atoms. The minimum Gasteiger partial charge on any atom is -0.481 e. The smallest absolute Gasteiger partial charge is 0.481 e. The van der Waals surface area contributed by atoms with Gasteiger partial charge in [-0.1, -0.05) is 0 Å². The highest BCUT2D eigenvalue weighted by Crippen LogP contribution is 2.25. The number of hydrogen-bond donors (Lipinski definition) is 0. The summed E-state index contributed by atoms with van der Waals surface area (Å²) in [6.45, 7) is 1.47. The molecule has 0 unspecified atom stereocenters. The first kappa shape index (κ1) is 10.6. The molecule has 0 aliphatic heterocycles. The van der Waals surface area contributed by atoms with Gasteiger partial charge in [-0.15, -0.1) is 13.2 Å². The molecule has 78 valence electrons. The van der Waals surface area contributed by atoms with Crippen LogP contribution in [0, 0.1) is 6.92 Å². The first-order chi connectivity index (χ1) is 6.42. The molecule has 1 aromatic heterocycles. The van der Waals surface area contributed by atoms with Crippen LogP contribution in [-0.4, -0.2) is 18.5 Å². The average Bonchev–Trinajstić information content (AvgIpc) is 2.06. The summed E-state index contributed by atoms with van der Waals surface area (Å²) in [4.78, 5) is 3.51. The zero-order valence-electron chi connectivity index (χ0n) is 7.55. The van der Waals surface area contributed by atoms with E-state index < -0.39 is 12.2 Å². The van der Waals surface area contributed by atoms with E-state index >= 15 is 0 Å². The van der Waals surface area contributed by atoms with Crippen molar-refractivity contribution in [2.45, 2.75) is 13.3 Å². The predicted molar refractivity (Wildman–Crippen MR) is 42.2 cm³/mol. The Labute approximate surface area is 78.5 Å². The molecule has 0 aliphatic rings. The number of alkyl halides is 3. The van der Waals surface area contributed by atoms with Crippen molar-refractivity contribution in [3.05, 3.63) is 17.7 Å². The molecule has 0 aromatic carbocycles. The van der Waals surface area contributed by atoms with Crippen LogP contribution in [0.2, 0.25) is 0 Å². The van der Waals surface area contributed by atoms with E-state index in [0.29, 0.717) is 5.56 Å². The highest BCUT2D eigenvalue weighted by Gasteiger charge is 2.32. The number of aromatic nitrogens is 1. The van der Waals surface area contributed by atoms with Crippen LogP contribution in [0.4, 0.5) is 13.2 Å². The Morgan fingerprint density at radius 2 is 1.93 bits per heavy atom. The third kappa shape index (κ3) is 2.79. The number of ether oxygens (including phenoxy) is 2. The van der Waals surface area contributed by atoms with E-state index in [0.717, 1.165) is 0 Å². The van der Waals surface area contributed by atoms with Crippen LogP contribution in [0.25, 0.3) is 0 Å². The minimum atomic E-state index is -4.73. The van der Waals surface area contributed by atoms with Gasteiger partial charge in [-0.25, -0.2) is 0 Å². The molecule has 0 fully saturated rings. The molecular weight excluding hydrogens is 199 g/mol. The first-order valence-electron chi connectivity index (χ1n) is 3.70. The number of aryl methyl sites for hydroxylation is 1.